The largest absolute Gasteiger partial charge is 0.458 e. The second-order valence-electron chi connectivity index (χ2n) is 4.01. The van der Waals surface area contributed by atoms with Crippen LogP contribution in [0.1, 0.15) is 10.6 Å². The SMILES string of the molecule is OCc1ccc(-c2ccc(-c3ccc(CO)s3)s2)o1. The van der Waals surface area contributed by atoms with Gasteiger partial charge in [-0.15, -0.1) is 22.7 Å². The van der Waals surface area contributed by atoms with Crippen LogP contribution >= 0.6 is 22.7 Å². The molecule has 0 radical (unpaired) electrons. The van der Waals surface area contributed by atoms with Crippen molar-refractivity contribution in [2.45, 2.75) is 13.2 Å². The number of hydrogen-bond donors (Lipinski definition) is 2. The molecule has 3 nitrogen and oxygen atoms in total. The zero-order chi connectivity index (χ0) is 13.2. The summed E-state index contributed by atoms with van der Waals surface area (Å²) in [5, 5.41) is 18.1. The third-order valence-corrected chi connectivity index (χ3v) is 5.09. The van der Waals surface area contributed by atoms with Crippen molar-refractivity contribution < 1.29 is 14.6 Å². The lowest BCUT2D eigenvalue weighted by Gasteiger charge is -1.91. The van der Waals surface area contributed by atoms with Gasteiger partial charge in [-0.25, -0.2) is 0 Å². The van der Waals surface area contributed by atoms with Crippen LogP contribution in [0.15, 0.2) is 40.8 Å². The Morgan fingerprint density at radius 3 is 2.21 bits per heavy atom. The van der Waals surface area contributed by atoms with E-state index in [1.54, 1.807) is 28.7 Å². The molecule has 0 fully saturated rings. The van der Waals surface area contributed by atoms with Gasteiger partial charge in [0, 0.05) is 14.6 Å². The van der Waals surface area contributed by atoms with E-state index in [0.29, 0.717) is 5.76 Å². The molecule has 0 bridgehead atoms. The minimum absolute atomic E-state index is 0.0803. The predicted molar refractivity (Wildman–Crippen MR) is 77.2 cm³/mol. The van der Waals surface area contributed by atoms with Crippen molar-refractivity contribution in [3.05, 3.63) is 47.0 Å². The summed E-state index contributed by atoms with van der Waals surface area (Å²) in [6, 6.07) is 11.7. The maximum absolute atomic E-state index is 9.09. The van der Waals surface area contributed by atoms with E-state index in [-0.39, 0.29) is 13.2 Å². The fourth-order valence-electron chi connectivity index (χ4n) is 1.79. The number of aliphatic hydroxyl groups excluding tert-OH is 2. The molecule has 3 aromatic heterocycles. The predicted octanol–water partition coefficient (Wildman–Crippen LogP) is 3.72. The molecule has 3 heterocycles. The fourth-order valence-corrected chi connectivity index (χ4v) is 3.72. The number of aliphatic hydroxyl groups is 2. The summed E-state index contributed by atoms with van der Waals surface area (Å²) < 4.78 is 5.52. The van der Waals surface area contributed by atoms with Gasteiger partial charge in [-0.1, -0.05) is 0 Å². The van der Waals surface area contributed by atoms with Crippen LogP contribution in [0.2, 0.25) is 0 Å². The summed E-state index contributed by atoms with van der Waals surface area (Å²) >= 11 is 3.23. The van der Waals surface area contributed by atoms with Crippen LogP contribution in [0.25, 0.3) is 20.4 Å². The van der Waals surface area contributed by atoms with E-state index >= 15 is 0 Å². The van der Waals surface area contributed by atoms with E-state index in [1.807, 2.05) is 30.3 Å². The molecule has 98 valence electrons. The first kappa shape index (κ1) is 12.6. The molecule has 3 aromatic rings. The van der Waals surface area contributed by atoms with Gasteiger partial charge < -0.3 is 14.6 Å². The molecular weight excluding hydrogens is 280 g/mol. The molecule has 2 N–H and O–H groups in total. The van der Waals surface area contributed by atoms with Crippen molar-refractivity contribution in [1.82, 2.24) is 0 Å². The monoisotopic (exact) mass is 292 g/mol. The molecule has 0 amide bonds. The lowest BCUT2D eigenvalue weighted by molar-refractivity contribution is 0.249. The van der Waals surface area contributed by atoms with Gasteiger partial charge in [-0.2, -0.15) is 0 Å². The Hall–Kier alpha value is -1.40. The number of rotatable bonds is 4. The molecule has 0 aliphatic rings. The van der Waals surface area contributed by atoms with Crippen molar-refractivity contribution in [3.63, 3.8) is 0 Å². The lowest BCUT2D eigenvalue weighted by Crippen LogP contribution is -1.73. The topological polar surface area (TPSA) is 53.6 Å². The summed E-state index contributed by atoms with van der Waals surface area (Å²) in [4.78, 5) is 4.30. The Bertz CT molecular complexity index is 621. The van der Waals surface area contributed by atoms with Crippen molar-refractivity contribution in [1.29, 1.82) is 0 Å². The van der Waals surface area contributed by atoms with E-state index in [9.17, 15) is 0 Å². The molecule has 0 spiro atoms. The highest BCUT2D eigenvalue weighted by Crippen LogP contribution is 2.38. The van der Waals surface area contributed by atoms with Crippen molar-refractivity contribution in [2.75, 3.05) is 0 Å². The average molecular weight is 292 g/mol. The number of furan rings is 1. The van der Waals surface area contributed by atoms with Gasteiger partial charge in [0.2, 0.25) is 0 Å². The van der Waals surface area contributed by atoms with Gasteiger partial charge in [-0.05, 0) is 36.4 Å². The summed E-state index contributed by atoms with van der Waals surface area (Å²) in [6.07, 6.45) is 0. The van der Waals surface area contributed by atoms with Gasteiger partial charge >= 0.3 is 0 Å². The first-order valence-corrected chi connectivity index (χ1v) is 7.43. The first-order chi connectivity index (χ1) is 9.30. The van der Waals surface area contributed by atoms with Crippen LogP contribution in [-0.2, 0) is 13.2 Å². The molecule has 0 atom stereocenters. The van der Waals surface area contributed by atoms with Crippen molar-refractivity contribution in [2.24, 2.45) is 0 Å². The fraction of sp³-hybridized carbons (Fsp3) is 0.143. The molecule has 0 unspecified atom stereocenters. The average Bonchev–Trinajstić information content (AvgIpc) is 3.16. The number of thiophene rings is 2. The lowest BCUT2D eigenvalue weighted by atomic mass is 10.3. The van der Waals surface area contributed by atoms with E-state index in [0.717, 1.165) is 25.3 Å². The molecule has 0 saturated heterocycles. The summed E-state index contributed by atoms with van der Waals surface area (Å²) in [6.45, 7) is 0.00393. The van der Waals surface area contributed by atoms with E-state index in [4.69, 9.17) is 14.6 Å². The molecule has 0 aliphatic heterocycles. The molecule has 0 saturated carbocycles. The van der Waals surface area contributed by atoms with E-state index in [1.165, 1.54) is 0 Å². The summed E-state index contributed by atoms with van der Waals surface area (Å²) in [7, 11) is 0. The molecular formula is C14H12O3S2. The molecule has 3 rings (SSSR count). The molecule has 0 aliphatic carbocycles. The minimum Gasteiger partial charge on any atom is -0.458 e. The molecule has 5 heteroatoms. The van der Waals surface area contributed by atoms with Gasteiger partial charge in [0.25, 0.3) is 0 Å². The Labute approximate surface area is 118 Å². The Balaban J connectivity index is 1.90. The Morgan fingerprint density at radius 1 is 0.789 bits per heavy atom. The zero-order valence-electron chi connectivity index (χ0n) is 10.00. The molecule has 0 aromatic carbocycles. The second-order valence-corrected chi connectivity index (χ2v) is 6.26. The van der Waals surface area contributed by atoms with Gasteiger partial charge in [0.1, 0.15) is 18.1 Å². The van der Waals surface area contributed by atoms with Crippen LogP contribution in [0.4, 0.5) is 0 Å². The maximum atomic E-state index is 9.09. The quantitative estimate of drug-likeness (QED) is 0.770. The van der Waals surface area contributed by atoms with Crippen LogP contribution in [0.5, 0.6) is 0 Å². The highest BCUT2D eigenvalue weighted by Gasteiger charge is 2.10. The number of hydrogen-bond acceptors (Lipinski definition) is 5. The smallest absolute Gasteiger partial charge is 0.144 e. The van der Waals surface area contributed by atoms with E-state index in [2.05, 4.69) is 0 Å². The summed E-state index contributed by atoms with van der Waals surface area (Å²) in [5.41, 5.74) is 0. The van der Waals surface area contributed by atoms with Gasteiger partial charge in [-0.3, -0.25) is 0 Å². The third-order valence-electron chi connectivity index (χ3n) is 2.73. The highest BCUT2D eigenvalue weighted by atomic mass is 32.1. The Morgan fingerprint density at radius 2 is 1.53 bits per heavy atom. The third kappa shape index (κ3) is 2.50. The van der Waals surface area contributed by atoms with Crippen LogP contribution in [-0.4, -0.2) is 10.2 Å². The summed E-state index contributed by atoms with van der Waals surface area (Å²) in [5.74, 6) is 1.35. The van der Waals surface area contributed by atoms with Gasteiger partial charge in [0.15, 0.2) is 0 Å². The maximum Gasteiger partial charge on any atom is 0.144 e. The second kappa shape index (κ2) is 5.30. The van der Waals surface area contributed by atoms with Crippen LogP contribution < -0.4 is 0 Å². The van der Waals surface area contributed by atoms with Crippen LogP contribution in [0.3, 0.4) is 0 Å². The highest BCUT2D eigenvalue weighted by molar-refractivity contribution is 7.23. The van der Waals surface area contributed by atoms with Crippen LogP contribution in [0, 0.1) is 0 Å². The van der Waals surface area contributed by atoms with Crippen molar-refractivity contribution >= 4 is 22.7 Å². The normalized spacial score (nSPS) is 11.1. The standard InChI is InChI=1S/C14H12O3S2/c15-7-9-1-3-11(17-9)12-5-6-14(19-12)13-4-2-10(8-16)18-13/h1-6,15-16H,7-8H2. The Kier molecular flexibility index (Phi) is 3.52. The zero-order valence-corrected chi connectivity index (χ0v) is 11.6. The van der Waals surface area contributed by atoms with Gasteiger partial charge in [0.05, 0.1) is 11.5 Å². The van der Waals surface area contributed by atoms with E-state index < -0.39 is 0 Å². The first-order valence-electron chi connectivity index (χ1n) is 5.80. The molecule has 19 heavy (non-hydrogen) atoms. The van der Waals surface area contributed by atoms with Crippen molar-refractivity contribution in [3.8, 4) is 20.4 Å². The minimum atomic E-state index is -0.0803.